The lowest BCUT2D eigenvalue weighted by molar-refractivity contribution is -0.129. The van der Waals surface area contributed by atoms with Gasteiger partial charge in [0.1, 0.15) is 11.5 Å². The van der Waals surface area contributed by atoms with Crippen LogP contribution in [-0.4, -0.2) is 44.9 Å². The number of Topliss-reactive ketones (excluding diaryl/α,β-unsaturated/α-hetero) is 1. The molecule has 31 heavy (non-hydrogen) atoms. The predicted molar refractivity (Wildman–Crippen MR) is 124 cm³/mol. The second kappa shape index (κ2) is 9.87. The third-order valence-electron chi connectivity index (χ3n) is 7.57. The van der Waals surface area contributed by atoms with E-state index in [1.807, 2.05) is 6.07 Å². The van der Waals surface area contributed by atoms with Gasteiger partial charge in [0.25, 0.3) is 0 Å². The summed E-state index contributed by atoms with van der Waals surface area (Å²) in [6, 6.07) is 5.28. The first-order valence-corrected chi connectivity index (χ1v) is 12.4. The van der Waals surface area contributed by atoms with Gasteiger partial charge in [-0.1, -0.05) is 13.0 Å². The minimum atomic E-state index is -4.49. The number of carbonyl (C=O) groups excluding carboxylic acids is 1. The van der Waals surface area contributed by atoms with Gasteiger partial charge in [0.2, 0.25) is 0 Å². The van der Waals surface area contributed by atoms with E-state index in [1.165, 1.54) is 5.56 Å². The van der Waals surface area contributed by atoms with E-state index < -0.39 is 10.4 Å². The molecule has 2 saturated carbocycles. The van der Waals surface area contributed by atoms with Crippen LogP contribution < -0.4 is 14.8 Å². The molecule has 3 aliphatic carbocycles. The zero-order valence-electron chi connectivity index (χ0n) is 17.9. The highest BCUT2D eigenvalue weighted by Crippen LogP contribution is 2.59. The summed E-state index contributed by atoms with van der Waals surface area (Å²) in [4.78, 5) is 12.3. The molecule has 5 rings (SSSR count). The Bertz CT molecular complexity index is 894. The van der Waals surface area contributed by atoms with Crippen LogP contribution in [0.4, 0.5) is 0 Å². The first kappa shape index (κ1) is 24.6. The van der Waals surface area contributed by atoms with Gasteiger partial charge in [0.15, 0.2) is 0 Å². The van der Waals surface area contributed by atoms with Crippen LogP contribution in [0.5, 0.6) is 5.75 Å². The molecular weight excluding hydrogens is 484 g/mol. The molecule has 0 radical (unpaired) electrons. The molecular formula is C22H33BrN2O5S. The first-order valence-electron chi connectivity index (χ1n) is 11.0. The summed E-state index contributed by atoms with van der Waals surface area (Å²) in [5.41, 5.74) is 2.23. The van der Waals surface area contributed by atoms with Gasteiger partial charge < -0.3 is 14.8 Å². The molecule has 4 atom stereocenters. The highest BCUT2D eigenvalue weighted by Gasteiger charge is 2.54. The first-order chi connectivity index (χ1) is 14.3. The molecule has 1 saturated heterocycles. The van der Waals surface area contributed by atoms with Gasteiger partial charge in [-0.05, 0) is 73.1 Å². The van der Waals surface area contributed by atoms with Gasteiger partial charge in [-0.15, -0.1) is 17.0 Å². The van der Waals surface area contributed by atoms with Crippen molar-refractivity contribution >= 4 is 33.2 Å². The average Bonchev–Trinajstić information content (AvgIpc) is 3.03. The summed E-state index contributed by atoms with van der Waals surface area (Å²) in [5, 5.41) is 6.44. The molecule has 0 bridgehead atoms. The van der Waals surface area contributed by atoms with E-state index in [0.717, 1.165) is 70.3 Å². The maximum atomic E-state index is 12.3. The fourth-order valence-corrected chi connectivity index (χ4v) is 6.45. The van der Waals surface area contributed by atoms with Crippen molar-refractivity contribution in [3.8, 4) is 5.75 Å². The molecule has 0 aromatic heterocycles. The van der Waals surface area contributed by atoms with Crippen LogP contribution in [0.25, 0.3) is 0 Å². The van der Waals surface area contributed by atoms with Crippen molar-refractivity contribution in [1.29, 1.82) is 0 Å². The molecule has 1 aliphatic heterocycles. The van der Waals surface area contributed by atoms with E-state index in [1.54, 1.807) is 12.1 Å². The number of aryl methyl sites for hydroxylation is 1. The minimum absolute atomic E-state index is 0. The van der Waals surface area contributed by atoms with Gasteiger partial charge in [-0.2, -0.15) is 8.42 Å². The summed E-state index contributed by atoms with van der Waals surface area (Å²) in [5.74, 6) is 2.05. The number of carbonyl (C=O) groups is 1. The fraction of sp³-hybridized carbons (Fsp3) is 0.682. The van der Waals surface area contributed by atoms with Gasteiger partial charge >= 0.3 is 10.4 Å². The van der Waals surface area contributed by atoms with Crippen molar-refractivity contribution in [2.45, 2.75) is 51.4 Å². The smallest absolute Gasteiger partial charge is 0.362 e. The second-order valence-electron chi connectivity index (χ2n) is 9.21. The maximum absolute atomic E-state index is 12.3. The Morgan fingerprint density at radius 1 is 1.06 bits per heavy atom. The third-order valence-corrected chi connectivity index (χ3v) is 7.97. The quantitative estimate of drug-likeness (QED) is 0.518. The number of halogens is 1. The van der Waals surface area contributed by atoms with E-state index in [2.05, 4.69) is 21.7 Å². The Balaban J connectivity index is 0.000000338. The number of rotatable bonds is 2. The highest BCUT2D eigenvalue weighted by atomic mass is 79.9. The largest absolute Gasteiger partial charge is 0.446 e. The average molecular weight is 517 g/mol. The summed E-state index contributed by atoms with van der Waals surface area (Å²) in [6.07, 6.45) is 5.57. The minimum Gasteiger partial charge on any atom is -0.362 e. The van der Waals surface area contributed by atoms with Crippen LogP contribution >= 0.6 is 17.0 Å². The molecule has 1 heterocycles. The number of benzene rings is 1. The van der Waals surface area contributed by atoms with Crippen LogP contribution in [0.1, 0.15) is 56.1 Å². The van der Waals surface area contributed by atoms with Crippen LogP contribution in [-0.2, 0) is 21.6 Å². The van der Waals surface area contributed by atoms with Crippen molar-refractivity contribution in [1.82, 2.24) is 10.6 Å². The number of ketones is 1. The van der Waals surface area contributed by atoms with Gasteiger partial charge in [0, 0.05) is 38.0 Å². The van der Waals surface area contributed by atoms with Crippen molar-refractivity contribution in [3.05, 3.63) is 29.3 Å². The van der Waals surface area contributed by atoms with E-state index in [0.29, 0.717) is 23.5 Å². The Labute approximate surface area is 195 Å². The number of hydrogen-bond donors (Lipinski definition) is 3. The monoisotopic (exact) mass is 516 g/mol. The summed E-state index contributed by atoms with van der Waals surface area (Å²) < 4.78 is 35.2. The molecule has 7 nitrogen and oxygen atoms in total. The lowest BCUT2D eigenvalue weighted by Gasteiger charge is -2.48. The Kier molecular flexibility index (Phi) is 7.84. The summed E-state index contributed by atoms with van der Waals surface area (Å²) >= 11 is 0. The molecule has 4 aliphatic rings. The Morgan fingerprint density at radius 3 is 2.35 bits per heavy atom. The van der Waals surface area contributed by atoms with E-state index >= 15 is 0 Å². The molecule has 3 N–H and O–H groups in total. The van der Waals surface area contributed by atoms with Crippen LogP contribution in [0.3, 0.4) is 0 Å². The molecule has 0 unspecified atom stereocenters. The van der Waals surface area contributed by atoms with E-state index in [-0.39, 0.29) is 28.1 Å². The van der Waals surface area contributed by atoms with Gasteiger partial charge in [-0.3, -0.25) is 9.35 Å². The fourth-order valence-electron chi connectivity index (χ4n) is 6.11. The normalized spacial score (nSPS) is 31.8. The SMILES string of the molecule is Br.C1CNCCN1.C[C@]12CC[C@@H]3c4ccc(OS(=O)(=O)O)cc4CC[C@H]3[C@@H]1CCC2=O. The van der Waals surface area contributed by atoms with Gasteiger partial charge in [0.05, 0.1) is 0 Å². The molecule has 1 aromatic carbocycles. The molecule has 3 fully saturated rings. The van der Waals surface area contributed by atoms with E-state index in [9.17, 15) is 13.2 Å². The van der Waals surface area contributed by atoms with Crippen LogP contribution in [0.15, 0.2) is 18.2 Å². The number of piperazine rings is 1. The topological polar surface area (TPSA) is 105 Å². The number of hydrogen-bond acceptors (Lipinski definition) is 6. The van der Waals surface area contributed by atoms with Crippen molar-refractivity contribution in [2.24, 2.45) is 17.3 Å². The second-order valence-corrected chi connectivity index (χ2v) is 10.2. The van der Waals surface area contributed by atoms with Crippen molar-refractivity contribution in [2.75, 3.05) is 26.2 Å². The molecule has 9 heteroatoms. The zero-order valence-corrected chi connectivity index (χ0v) is 20.5. The third kappa shape index (κ3) is 5.33. The van der Waals surface area contributed by atoms with Crippen molar-refractivity contribution < 1.29 is 21.9 Å². The Hall–Kier alpha value is -1.00. The van der Waals surface area contributed by atoms with E-state index in [4.69, 9.17) is 4.55 Å². The lowest BCUT2D eigenvalue weighted by atomic mass is 9.55. The van der Waals surface area contributed by atoms with Crippen LogP contribution in [0, 0.1) is 17.3 Å². The predicted octanol–water partition coefficient (Wildman–Crippen LogP) is 3.05. The molecule has 0 amide bonds. The number of fused-ring (bicyclic) bond motifs is 5. The number of nitrogens with one attached hydrogen (secondary N) is 2. The Morgan fingerprint density at radius 2 is 1.74 bits per heavy atom. The lowest BCUT2D eigenvalue weighted by Crippen LogP contribution is -2.42. The maximum Gasteiger partial charge on any atom is 0.446 e. The summed E-state index contributed by atoms with van der Waals surface area (Å²) in [6.45, 7) is 6.71. The molecule has 174 valence electrons. The standard InChI is InChI=1S/C18H22O5S.C4H10N2.BrH/c1-18-9-8-14-13-5-3-12(23-24(20,21)22)10-11(13)2-4-15(14)16(18)6-7-17(18)19;1-2-6-4-3-5-1;/h3,5,10,14-16H,2,4,6-9H2,1H3,(H,20,21,22);5-6H,1-4H2;1H/t14-,15-,16+,18+;;/m1../s1. The van der Waals surface area contributed by atoms with Crippen molar-refractivity contribution in [3.63, 3.8) is 0 Å². The van der Waals surface area contributed by atoms with Crippen LogP contribution in [0.2, 0.25) is 0 Å². The molecule has 0 spiro atoms. The zero-order chi connectivity index (χ0) is 21.4. The van der Waals surface area contributed by atoms with Gasteiger partial charge in [-0.25, -0.2) is 0 Å². The highest BCUT2D eigenvalue weighted by molar-refractivity contribution is 8.93. The summed E-state index contributed by atoms with van der Waals surface area (Å²) in [7, 11) is -4.49. The molecule has 1 aromatic rings.